The van der Waals surface area contributed by atoms with Crippen LogP contribution in [0, 0.1) is 11.6 Å². The van der Waals surface area contributed by atoms with Gasteiger partial charge in [0.15, 0.2) is 0 Å². The summed E-state index contributed by atoms with van der Waals surface area (Å²) in [6, 6.07) is 4.44. The molecule has 0 fully saturated rings. The summed E-state index contributed by atoms with van der Waals surface area (Å²) < 4.78 is 65.7. The molecule has 10 heteroatoms. The summed E-state index contributed by atoms with van der Waals surface area (Å²) in [5, 5.41) is 6.83. The van der Waals surface area contributed by atoms with Crippen LogP contribution in [0.25, 0.3) is 22.5 Å². The molecule has 0 saturated carbocycles. The van der Waals surface area contributed by atoms with Crippen molar-refractivity contribution in [2.45, 2.75) is 6.18 Å². The molecule has 25 heavy (non-hydrogen) atoms. The van der Waals surface area contributed by atoms with Crippen LogP contribution in [-0.4, -0.2) is 20.2 Å². The Hall–Kier alpha value is -2.68. The third-order valence-corrected chi connectivity index (χ3v) is 3.31. The summed E-state index contributed by atoms with van der Waals surface area (Å²) in [6.45, 7) is 0. The van der Waals surface area contributed by atoms with Crippen LogP contribution in [0.3, 0.4) is 0 Å². The fraction of sp³-hybridized carbons (Fsp3) is 0.0667. The van der Waals surface area contributed by atoms with E-state index in [0.717, 1.165) is 24.5 Å². The highest BCUT2D eigenvalue weighted by Crippen LogP contribution is 2.34. The molecule has 4 nitrogen and oxygen atoms in total. The van der Waals surface area contributed by atoms with Gasteiger partial charge in [-0.1, -0.05) is 11.6 Å². The van der Waals surface area contributed by atoms with E-state index in [4.69, 9.17) is 11.6 Å². The summed E-state index contributed by atoms with van der Waals surface area (Å²) >= 11 is 5.66. The first-order chi connectivity index (χ1) is 11.7. The van der Waals surface area contributed by atoms with E-state index >= 15 is 0 Å². The van der Waals surface area contributed by atoms with Gasteiger partial charge >= 0.3 is 6.18 Å². The number of pyridine rings is 1. The molecule has 0 N–H and O–H groups in total. The lowest BCUT2D eigenvalue weighted by Crippen LogP contribution is -2.08. The topological polar surface area (TPSA) is 51.6 Å². The van der Waals surface area contributed by atoms with Crippen LogP contribution >= 0.6 is 11.6 Å². The van der Waals surface area contributed by atoms with Gasteiger partial charge in [0.1, 0.15) is 40.2 Å². The third-order valence-electron chi connectivity index (χ3n) is 3.11. The normalized spacial score (nSPS) is 11.6. The predicted octanol–water partition coefficient (Wildman–Crippen LogP) is 4.55. The molecule has 3 aromatic rings. The van der Waals surface area contributed by atoms with E-state index in [9.17, 15) is 22.0 Å². The Bertz CT molecular complexity index is 925. The van der Waals surface area contributed by atoms with Crippen LogP contribution in [0.15, 0.2) is 36.7 Å². The summed E-state index contributed by atoms with van der Waals surface area (Å²) in [6.07, 6.45) is -3.73. The molecule has 0 saturated heterocycles. The Morgan fingerprint density at radius 3 is 2.12 bits per heavy atom. The van der Waals surface area contributed by atoms with Crippen molar-refractivity contribution in [2.24, 2.45) is 0 Å². The molecular weight excluding hydrogens is 367 g/mol. The van der Waals surface area contributed by atoms with Crippen molar-refractivity contribution >= 4 is 11.6 Å². The Kier molecular flexibility index (Phi) is 4.34. The molecule has 0 radical (unpaired) electrons. The Morgan fingerprint density at radius 2 is 1.48 bits per heavy atom. The Labute approximate surface area is 142 Å². The molecule has 0 aliphatic heterocycles. The molecular formula is C15H6ClF5N4. The molecule has 128 valence electrons. The van der Waals surface area contributed by atoms with Gasteiger partial charge in [0.2, 0.25) is 0 Å². The van der Waals surface area contributed by atoms with Crippen LogP contribution in [0.1, 0.15) is 5.69 Å². The zero-order valence-electron chi connectivity index (χ0n) is 12.0. The number of nitrogens with zero attached hydrogens (tertiary/aromatic N) is 4. The molecule has 2 heterocycles. The lowest BCUT2D eigenvalue weighted by Gasteiger charge is -2.11. The predicted molar refractivity (Wildman–Crippen MR) is 78.4 cm³/mol. The van der Waals surface area contributed by atoms with Crippen molar-refractivity contribution in [3.63, 3.8) is 0 Å². The molecule has 0 amide bonds. The number of halogens is 6. The number of hydrogen-bond donors (Lipinski definition) is 0. The van der Waals surface area contributed by atoms with Crippen LogP contribution < -0.4 is 0 Å². The summed E-state index contributed by atoms with van der Waals surface area (Å²) in [5.41, 5.74) is -1.51. The molecule has 2 aromatic heterocycles. The minimum atomic E-state index is -4.74. The van der Waals surface area contributed by atoms with E-state index < -0.39 is 28.7 Å². The van der Waals surface area contributed by atoms with Gasteiger partial charge in [-0.25, -0.2) is 18.7 Å². The second-order valence-corrected chi connectivity index (χ2v) is 5.26. The van der Waals surface area contributed by atoms with Crippen LogP contribution in [-0.2, 0) is 6.18 Å². The van der Waals surface area contributed by atoms with E-state index in [-0.39, 0.29) is 22.5 Å². The quantitative estimate of drug-likeness (QED) is 0.489. The average molecular weight is 373 g/mol. The number of benzene rings is 1. The smallest absolute Gasteiger partial charge is 0.232 e. The fourth-order valence-electron chi connectivity index (χ4n) is 2.15. The number of rotatable bonds is 2. The number of aromatic nitrogens is 4. The van der Waals surface area contributed by atoms with E-state index in [0.29, 0.717) is 12.1 Å². The Morgan fingerprint density at radius 1 is 0.840 bits per heavy atom. The third kappa shape index (κ3) is 3.71. The number of hydrogen-bond acceptors (Lipinski definition) is 4. The maximum absolute atomic E-state index is 13.4. The minimum Gasteiger partial charge on any atom is -0.232 e. The zero-order chi connectivity index (χ0) is 18.2. The largest absolute Gasteiger partial charge is 0.433 e. The summed E-state index contributed by atoms with van der Waals surface area (Å²) in [5.74, 6) is -1.74. The molecule has 0 unspecified atom stereocenters. The molecule has 0 spiro atoms. The monoisotopic (exact) mass is 372 g/mol. The van der Waals surface area contributed by atoms with Crippen LogP contribution in [0.5, 0.6) is 0 Å². The van der Waals surface area contributed by atoms with E-state index in [1.165, 1.54) is 0 Å². The molecule has 0 aliphatic rings. The fourth-order valence-corrected chi connectivity index (χ4v) is 2.36. The van der Waals surface area contributed by atoms with Crippen LogP contribution in [0.4, 0.5) is 22.0 Å². The second-order valence-electron chi connectivity index (χ2n) is 4.88. The van der Waals surface area contributed by atoms with Crippen LogP contribution in [0.2, 0.25) is 5.15 Å². The average Bonchev–Trinajstić information content (AvgIpc) is 2.52. The molecule has 0 atom stereocenters. The van der Waals surface area contributed by atoms with Gasteiger partial charge < -0.3 is 0 Å². The van der Waals surface area contributed by atoms with Gasteiger partial charge in [-0.3, -0.25) is 0 Å². The highest BCUT2D eigenvalue weighted by molar-refractivity contribution is 6.29. The maximum atomic E-state index is 13.4. The molecule has 1 aromatic carbocycles. The van der Waals surface area contributed by atoms with Gasteiger partial charge in [0.05, 0.1) is 0 Å². The first-order valence-corrected chi connectivity index (χ1v) is 7.01. The Balaban J connectivity index is 2.21. The zero-order valence-corrected chi connectivity index (χ0v) is 12.8. The second kappa shape index (κ2) is 6.32. The van der Waals surface area contributed by atoms with Crippen molar-refractivity contribution in [3.05, 3.63) is 59.1 Å². The lowest BCUT2D eigenvalue weighted by atomic mass is 10.0. The standard InChI is InChI=1S/C15H6ClF5N4/c16-12-4-8(3-11(24-12)15(19,20)21)14-13(22-6-23-25-14)7-1-9(17)5-10(18)2-7/h1-6H. The highest BCUT2D eigenvalue weighted by atomic mass is 35.5. The van der Waals surface area contributed by atoms with Crippen molar-refractivity contribution < 1.29 is 22.0 Å². The molecule has 0 aliphatic carbocycles. The molecule has 3 rings (SSSR count). The van der Waals surface area contributed by atoms with Gasteiger partial charge in [-0.2, -0.15) is 13.2 Å². The van der Waals surface area contributed by atoms with Crippen molar-refractivity contribution in [1.82, 2.24) is 20.2 Å². The summed E-state index contributed by atoms with van der Waals surface area (Å²) in [4.78, 5) is 7.09. The first kappa shape index (κ1) is 17.2. The minimum absolute atomic E-state index is 0.0103. The molecule has 0 bridgehead atoms. The van der Waals surface area contributed by atoms with Crippen molar-refractivity contribution in [2.75, 3.05) is 0 Å². The van der Waals surface area contributed by atoms with Gasteiger partial charge in [0, 0.05) is 17.2 Å². The van der Waals surface area contributed by atoms with Gasteiger partial charge in [-0.05, 0) is 24.3 Å². The lowest BCUT2D eigenvalue weighted by molar-refractivity contribution is -0.141. The van der Waals surface area contributed by atoms with Crippen molar-refractivity contribution in [3.8, 4) is 22.5 Å². The van der Waals surface area contributed by atoms with E-state index in [1.807, 2.05) is 0 Å². The van der Waals surface area contributed by atoms with E-state index in [1.54, 1.807) is 0 Å². The maximum Gasteiger partial charge on any atom is 0.433 e. The highest BCUT2D eigenvalue weighted by Gasteiger charge is 2.33. The number of alkyl halides is 3. The van der Waals surface area contributed by atoms with Crippen molar-refractivity contribution in [1.29, 1.82) is 0 Å². The SMILES string of the molecule is Fc1cc(F)cc(-c2ncnnc2-c2cc(Cl)nc(C(F)(F)F)c2)c1. The van der Waals surface area contributed by atoms with Gasteiger partial charge in [-0.15, -0.1) is 10.2 Å². The van der Waals surface area contributed by atoms with E-state index in [2.05, 4.69) is 20.2 Å². The summed E-state index contributed by atoms with van der Waals surface area (Å²) in [7, 11) is 0. The van der Waals surface area contributed by atoms with Gasteiger partial charge in [0.25, 0.3) is 0 Å². The first-order valence-electron chi connectivity index (χ1n) is 6.63.